The summed E-state index contributed by atoms with van der Waals surface area (Å²) in [6, 6.07) is 0. The number of allylic oxidation sites excluding steroid dienone is 2. The predicted octanol–water partition coefficient (Wildman–Crippen LogP) is 2.86. The van der Waals surface area contributed by atoms with Gasteiger partial charge in [0.1, 0.15) is 0 Å². The Morgan fingerprint density at radius 2 is 2.00 bits per heavy atom. The fraction of sp³-hybridized carbons (Fsp3) is 0.727. The molecule has 3 heteroatoms. The number of carbonyl (C=O) groups excluding carboxylic acids is 1. The minimum absolute atomic E-state index is 0.221. The lowest BCUT2D eigenvalue weighted by molar-refractivity contribution is -0.126. The molecule has 0 amide bonds. The third-order valence-electron chi connectivity index (χ3n) is 2.59. The minimum atomic E-state index is -0.221. The van der Waals surface area contributed by atoms with Crippen molar-refractivity contribution in [2.75, 3.05) is 12.4 Å². The van der Waals surface area contributed by atoms with Gasteiger partial charge in [-0.1, -0.05) is 20.8 Å². The molecule has 80 valence electrons. The second-order valence-corrected chi connectivity index (χ2v) is 5.95. The lowest BCUT2D eigenvalue weighted by Crippen LogP contribution is -2.33. The highest BCUT2D eigenvalue weighted by molar-refractivity contribution is 8.03. The van der Waals surface area contributed by atoms with E-state index in [9.17, 15) is 4.79 Å². The average molecular weight is 213 g/mol. The fourth-order valence-electron chi connectivity index (χ4n) is 1.17. The van der Waals surface area contributed by atoms with Gasteiger partial charge in [0.05, 0.1) is 12.4 Å². The Hall–Kier alpha value is -0.440. The molecule has 1 rings (SSSR count). The van der Waals surface area contributed by atoms with Gasteiger partial charge >= 0.3 is 0 Å². The number of hydrogen-bond acceptors (Lipinski definition) is 3. The van der Waals surface area contributed by atoms with E-state index in [0.717, 1.165) is 5.88 Å². The molecular formula is C11H19NOS. The molecule has 0 aromatic heterocycles. The highest BCUT2D eigenvalue weighted by atomic mass is 32.2. The van der Waals surface area contributed by atoms with Crippen LogP contribution in [0.5, 0.6) is 0 Å². The van der Waals surface area contributed by atoms with Crippen LogP contribution in [0.2, 0.25) is 0 Å². The van der Waals surface area contributed by atoms with E-state index in [0.29, 0.717) is 12.3 Å². The SMILES string of the molecule is CC1=C(C)N(CC(=O)C(C)(C)C)CS1. The zero-order chi connectivity index (χ0) is 10.9. The first-order valence-electron chi connectivity index (χ1n) is 4.91. The predicted molar refractivity (Wildman–Crippen MR) is 62.0 cm³/mol. The van der Waals surface area contributed by atoms with Crippen LogP contribution in [0, 0.1) is 5.41 Å². The molecule has 0 N–H and O–H groups in total. The Bertz CT molecular complexity index is 276. The Labute approximate surface area is 90.7 Å². The van der Waals surface area contributed by atoms with Gasteiger partial charge in [0.25, 0.3) is 0 Å². The quantitative estimate of drug-likeness (QED) is 0.703. The van der Waals surface area contributed by atoms with Gasteiger partial charge in [0.2, 0.25) is 0 Å². The van der Waals surface area contributed by atoms with Crippen molar-refractivity contribution in [1.82, 2.24) is 4.90 Å². The molecule has 1 heterocycles. The van der Waals surface area contributed by atoms with Crippen LogP contribution < -0.4 is 0 Å². The number of thioether (sulfide) groups is 1. The van der Waals surface area contributed by atoms with Gasteiger partial charge in [-0.05, 0) is 13.8 Å². The molecule has 0 aliphatic carbocycles. The van der Waals surface area contributed by atoms with Gasteiger partial charge < -0.3 is 4.90 Å². The largest absolute Gasteiger partial charge is 0.357 e. The molecule has 2 nitrogen and oxygen atoms in total. The third kappa shape index (κ3) is 2.53. The van der Waals surface area contributed by atoms with Crippen molar-refractivity contribution in [3.05, 3.63) is 10.6 Å². The summed E-state index contributed by atoms with van der Waals surface area (Å²) in [5.74, 6) is 1.24. The molecular weight excluding hydrogens is 194 g/mol. The fourth-order valence-corrected chi connectivity index (χ4v) is 2.15. The Kier molecular flexibility index (Phi) is 3.30. The summed E-state index contributed by atoms with van der Waals surface area (Å²) in [6.07, 6.45) is 0. The minimum Gasteiger partial charge on any atom is -0.357 e. The maximum absolute atomic E-state index is 11.8. The summed E-state index contributed by atoms with van der Waals surface area (Å²) in [4.78, 5) is 15.3. The Morgan fingerprint density at radius 1 is 1.43 bits per heavy atom. The molecule has 0 saturated carbocycles. The van der Waals surface area contributed by atoms with Crippen molar-refractivity contribution < 1.29 is 4.79 Å². The monoisotopic (exact) mass is 213 g/mol. The van der Waals surface area contributed by atoms with Gasteiger partial charge in [-0.25, -0.2) is 0 Å². The van der Waals surface area contributed by atoms with E-state index in [1.165, 1.54) is 10.6 Å². The summed E-state index contributed by atoms with van der Waals surface area (Å²) in [7, 11) is 0. The molecule has 0 aromatic rings. The first-order chi connectivity index (χ1) is 6.32. The summed E-state index contributed by atoms with van der Waals surface area (Å²) in [5, 5.41) is 0. The number of rotatable bonds is 2. The first-order valence-corrected chi connectivity index (χ1v) is 5.89. The van der Waals surface area contributed by atoms with Gasteiger partial charge in [0.15, 0.2) is 5.78 Å². The molecule has 0 aromatic carbocycles. The summed E-state index contributed by atoms with van der Waals surface area (Å²) in [6.45, 7) is 10.7. The number of Topliss-reactive ketones (excluding diaryl/α,β-unsaturated/α-hetero) is 1. The standard InChI is InChI=1S/C11H19NOS/c1-8-9(2)14-7-12(8)6-10(13)11(3,4)5/h6-7H2,1-5H3. The molecule has 14 heavy (non-hydrogen) atoms. The van der Waals surface area contributed by atoms with Crippen molar-refractivity contribution in [3.8, 4) is 0 Å². The number of nitrogens with zero attached hydrogens (tertiary/aromatic N) is 1. The lowest BCUT2D eigenvalue weighted by Gasteiger charge is -2.23. The second-order valence-electron chi connectivity index (χ2n) is 4.79. The van der Waals surface area contributed by atoms with Crippen LogP contribution in [0.15, 0.2) is 10.6 Å². The van der Waals surface area contributed by atoms with Crippen LogP contribution in [-0.4, -0.2) is 23.1 Å². The van der Waals surface area contributed by atoms with Crippen molar-refractivity contribution in [2.45, 2.75) is 34.6 Å². The zero-order valence-corrected chi connectivity index (χ0v) is 10.5. The number of hydrogen-bond donors (Lipinski definition) is 0. The van der Waals surface area contributed by atoms with Gasteiger partial charge in [-0.2, -0.15) is 0 Å². The van der Waals surface area contributed by atoms with E-state index in [1.807, 2.05) is 32.5 Å². The van der Waals surface area contributed by atoms with E-state index in [2.05, 4.69) is 18.7 Å². The third-order valence-corrected chi connectivity index (χ3v) is 3.76. The average Bonchev–Trinajstić information content (AvgIpc) is 2.34. The highest BCUT2D eigenvalue weighted by Gasteiger charge is 2.26. The normalized spacial score (nSPS) is 17.9. The molecule has 0 saturated heterocycles. The van der Waals surface area contributed by atoms with Crippen molar-refractivity contribution in [1.29, 1.82) is 0 Å². The van der Waals surface area contributed by atoms with Crippen LogP contribution in [0.3, 0.4) is 0 Å². The van der Waals surface area contributed by atoms with Crippen LogP contribution in [-0.2, 0) is 4.79 Å². The molecule has 0 bridgehead atoms. The lowest BCUT2D eigenvalue weighted by atomic mass is 9.90. The van der Waals surface area contributed by atoms with Crippen molar-refractivity contribution >= 4 is 17.5 Å². The Balaban J connectivity index is 2.60. The summed E-state index contributed by atoms with van der Waals surface area (Å²) >= 11 is 1.82. The first kappa shape index (κ1) is 11.6. The summed E-state index contributed by atoms with van der Waals surface area (Å²) in [5.41, 5.74) is 1.04. The smallest absolute Gasteiger partial charge is 0.157 e. The van der Waals surface area contributed by atoms with Gasteiger partial charge in [0, 0.05) is 16.0 Å². The van der Waals surface area contributed by atoms with Crippen LogP contribution in [0.1, 0.15) is 34.6 Å². The Morgan fingerprint density at radius 3 is 2.36 bits per heavy atom. The second kappa shape index (κ2) is 3.97. The zero-order valence-electron chi connectivity index (χ0n) is 9.68. The van der Waals surface area contributed by atoms with Gasteiger partial charge in [-0.3, -0.25) is 4.79 Å². The number of ketones is 1. The van der Waals surface area contributed by atoms with E-state index in [-0.39, 0.29) is 5.41 Å². The topological polar surface area (TPSA) is 20.3 Å². The highest BCUT2D eigenvalue weighted by Crippen LogP contribution is 2.31. The molecule has 0 unspecified atom stereocenters. The molecule has 1 aliphatic heterocycles. The van der Waals surface area contributed by atoms with Gasteiger partial charge in [-0.15, -0.1) is 11.8 Å². The van der Waals surface area contributed by atoms with E-state index in [1.54, 1.807) is 0 Å². The van der Waals surface area contributed by atoms with Crippen LogP contribution >= 0.6 is 11.8 Å². The van der Waals surface area contributed by atoms with E-state index in [4.69, 9.17) is 0 Å². The van der Waals surface area contributed by atoms with Crippen molar-refractivity contribution in [2.24, 2.45) is 5.41 Å². The molecule has 0 radical (unpaired) electrons. The van der Waals surface area contributed by atoms with Crippen LogP contribution in [0.25, 0.3) is 0 Å². The van der Waals surface area contributed by atoms with E-state index < -0.39 is 0 Å². The number of carbonyl (C=O) groups is 1. The maximum Gasteiger partial charge on any atom is 0.157 e. The molecule has 0 atom stereocenters. The molecule has 1 aliphatic rings. The van der Waals surface area contributed by atoms with Crippen molar-refractivity contribution in [3.63, 3.8) is 0 Å². The van der Waals surface area contributed by atoms with E-state index >= 15 is 0 Å². The molecule has 0 spiro atoms. The maximum atomic E-state index is 11.8. The molecule has 0 fully saturated rings. The van der Waals surface area contributed by atoms with Crippen LogP contribution in [0.4, 0.5) is 0 Å². The summed E-state index contributed by atoms with van der Waals surface area (Å²) < 4.78 is 0.